The summed E-state index contributed by atoms with van der Waals surface area (Å²) in [5.74, 6) is 0.532. The van der Waals surface area contributed by atoms with E-state index in [2.05, 4.69) is 15.4 Å². The molecule has 9 heteroatoms. The SMILES string of the molecule is COc1cnccc1Cn1cc2c(SN)cc(NC(=O)Cc3ccccc3Cl)cc2n1. The quantitative estimate of drug-likeness (QED) is 0.405. The third-order valence-electron chi connectivity index (χ3n) is 4.78. The van der Waals surface area contributed by atoms with E-state index in [1.807, 2.05) is 47.3 Å². The molecule has 0 fully saturated rings. The second-order valence-corrected chi connectivity index (χ2v) is 7.94. The van der Waals surface area contributed by atoms with E-state index in [9.17, 15) is 4.79 Å². The number of anilines is 1. The number of carbonyl (C=O) groups excluding carboxylic acids is 1. The van der Waals surface area contributed by atoms with Crippen molar-refractivity contribution in [2.45, 2.75) is 17.9 Å². The van der Waals surface area contributed by atoms with Crippen LogP contribution in [0.5, 0.6) is 5.75 Å². The van der Waals surface area contributed by atoms with E-state index in [0.717, 1.165) is 38.9 Å². The highest BCUT2D eigenvalue weighted by Crippen LogP contribution is 2.29. The molecule has 2 aromatic heterocycles. The van der Waals surface area contributed by atoms with Gasteiger partial charge in [-0.05, 0) is 41.8 Å². The number of halogens is 1. The lowest BCUT2D eigenvalue weighted by Gasteiger charge is -2.08. The predicted molar refractivity (Wildman–Crippen MR) is 123 cm³/mol. The first-order chi connectivity index (χ1) is 15.1. The van der Waals surface area contributed by atoms with E-state index in [0.29, 0.717) is 23.0 Å². The van der Waals surface area contributed by atoms with Crippen molar-refractivity contribution in [3.63, 3.8) is 0 Å². The Hall–Kier alpha value is -3.07. The molecule has 2 heterocycles. The molecule has 0 atom stereocenters. The zero-order valence-electron chi connectivity index (χ0n) is 16.7. The van der Waals surface area contributed by atoms with Crippen molar-refractivity contribution in [3.05, 3.63) is 77.2 Å². The second-order valence-electron chi connectivity index (χ2n) is 6.86. The zero-order valence-corrected chi connectivity index (χ0v) is 18.3. The molecule has 0 saturated carbocycles. The van der Waals surface area contributed by atoms with E-state index < -0.39 is 0 Å². The van der Waals surface area contributed by atoms with Gasteiger partial charge in [-0.25, -0.2) is 0 Å². The van der Waals surface area contributed by atoms with Crippen molar-refractivity contribution in [3.8, 4) is 5.75 Å². The van der Waals surface area contributed by atoms with Crippen LogP contribution >= 0.6 is 23.5 Å². The molecule has 2 aromatic carbocycles. The summed E-state index contributed by atoms with van der Waals surface area (Å²) in [4.78, 5) is 17.4. The molecular weight excluding hydrogens is 434 g/mol. The molecule has 7 nitrogen and oxygen atoms in total. The maximum Gasteiger partial charge on any atom is 0.228 e. The molecule has 0 aliphatic rings. The molecule has 4 aromatic rings. The summed E-state index contributed by atoms with van der Waals surface area (Å²) in [7, 11) is 1.61. The largest absolute Gasteiger partial charge is 0.495 e. The van der Waals surface area contributed by atoms with Gasteiger partial charge in [0, 0.05) is 38.9 Å². The molecule has 0 aliphatic carbocycles. The summed E-state index contributed by atoms with van der Waals surface area (Å²) in [5.41, 5.74) is 3.09. The minimum atomic E-state index is -0.165. The number of hydrogen-bond acceptors (Lipinski definition) is 6. The Balaban J connectivity index is 1.58. The van der Waals surface area contributed by atoms with E-state index in [1.165, 1.54) is 0 Å². The third-order valence-corrected chi connectivity index (χ3v) is 5.74. The first-order valence-electron chi connectivity index (χ1n) is 9.45. The number of nitrogens with two attached hydrogens (primary N) is 1. The number of benzene rings is 2. The van der Waals surface area contributed by atoms with Gasteiger partial charge < -0.3 is 10.1 Å². The van der Waals surface area contributed by atoms with Crippen LogP contribution in [0.3, 0.4) is 0 Å². The number of ether oxygens (including phenoxy) is 1. The number of aromatic nitrogens is 3. The van der Waals surface area contributed by atoms with Gasteiger partial charge in [0.05, 0.1) is 31.8 Å². The first-order valence-corrected chi connectivity index (χ1v) is 10.7. The second kappa shape index (κ2) is 9.38. The van der Waals surface area contributed by atoms with Gasteiger partial charge >= 0.3 is 0 Å². The molecule has 31 heavy (non-hydrogen) atoms. The zero-order chi connectivity index (χ0) is 21.8. The maximum atomic E-state index is 12.5. The molecular formula is C22H20ClN5O2S. The van der Waals surface area contributed by atoms with E-state index in [4.69, 9.17) is 21.5 Å². The van der Waals surface area contributed by atoms with Gasteiger partial charge in [-0.1, -0.05) is 29.8 Å². The Kier molecular flexibility index (Phi) is 6.41. The molecule has 3 N–H and O–H groups in total. The molecule has 0 radical (unpaired) electrons. The summed E-state index contributed by atoms with van der Waals surface area (Å²) in [5, 5.41) is 14.9. The van der Waals surface area contributed by atoms with Crippen LogP contribution in [0.25, 0.3) is 10.9 Å². The van der Waals surface area contributed by atoms with Crippen LogP contribution in [-0.4, -0.2) is 27.8 Å². The highest BCUT2D eigenvalue weighted by molar-refractivity contribution is 7.97. The Labute approximate surface area is 188 Å². The van der Waals surface area contributed by atoms with E-state index in [-0.39, 0.29) is 12.3 Å². The van der Waals surface area contributed by atoms with Gasteiger partial charge in [-0.3, -0.25) is 19.6 Å². The number of rotatable bonds is 7. The average Bonchev–Trinajstić information content (AvgIpc) is 3.17. The van der Waals surface area contributed by atoms with Crippen LogP contribution < -0.4 is 15.2 Å². The highest BCUT2D eigenvalue weighted by Gasteiger charge is 2.13. The summed E-state index contributed by atoms with van der Waals surface area (Å²) < 4.78 is 7.19. The summed E-state index contributed by atoms with van der Waals surface area (Å²) in [6.07, 6.45) is 5.50. The third kappa shape index (κ3) is 4.82. The van der Waals surface area contributed by atoms with Crippen LogP contribution in [0.1, 0.15) is 11.1 Å². The minimum Gasteiger partial charge on any atom is -0.495 e. The fraction of sp³-hybridized carbons (Fsp3) is 0.136. The molecule has 0 saturated heterocycles. The number of methoxy groups -OCH3 is 1. The number of fused-ring (bicyclic) bond motifs is 1. The lowest BCUT2D eigenvalue weighted by atomic mass is 10.1. The Bertz CT molecular complexity index is 1240. The van der Waals surface area contributed by atoms with Gasteiger partial charge in [-0.15, -0.1) is 0 Å². The maximum absolute atomic E-state index is 12.5. The van der Waals surface area contributed by atoms with Crippen molar-refractivity contribution in [2.75, 3.05) is 12.4 Å². The number of hydrogen-bond donors (Lipinski definition) is 2. The Morgan fingerprint density at radius 1 is 1.26 bits per heavy atom. The fourth-order valence-electron chi connectivity index (χ4n) is 3.31. The van der Waals surface area contributed by atoms with Crippen molar-refractivity contribution in [1.29, 1.82) is 0 Å². The van der Waals surface area contributed by atoms with Crippen LogP contribution in [-0.2, 0) is 17.8 Å². The lowest BCUT2D eigenvalue weighted by molar-refractivity contribution is -0.115. The number of nitrogens with one attached hydrogen (secondary N) is 1. The van der Waals surface area contributed by atoms with Gasteiger partial charge in [0.1, 0.15) is 5.75 Å². The molecule has 158 valence electrons. The average molecular weight is 454 g/mol. The molecule has 1 amide bonds. The smallest absolute Gasteiger partial charge is 0.228 e. The number of nitrogens with zero attached hydrogens (tertiary/aromatic N) is 3. The van der Waals surface area contributed by atoms with Gasteiger partial charge in [-0.2, -0.15) is 5.10 Å². The summed E-state index contributed by atoms with van der Waals surface area (Å²) in [6, 6.07) is 12.9. The van der Waals surface area contributed by atoms with Crippen molar-refractivity contribution in [1.82, 2.24) is 14.8 Å². The van der Waals surface area contributed by atoms with Gasteiger partial charge in [0.15, 0.2) is 0 Å². The summed E-state index contributed by atoms with van der Waals surface area (Å²) >= 11 is 7.28. The van der Waals surface area contributed by atoms with Crippen molar-refractivity contribution in [2.24, 2.45) is 5.14 Å². The first kappa shape index (κ1) is 21.2. The highest BCUT2D eigenvalue weighted by atomic mass is 35.5. The Morgan fingerprint density at radius 3 is 2.87 bits per heavy atom. The lowest BCUT2D eigenvalue weighted by Crippen LogP contribution is -2.14. The standard InChI is InChI=1S/C22H20ClN5O2S/c1-30-20-11-25-7-6-15(20)12-28-13-17-19(27-28)9-16(10-21(17)31-24)26-22(29)8-14-4-2-3-5-18(14)23/h2-7,9-11,13H,8,12,24H2,1H3,(H,26,29). The fourth-order valence-corrected chi connectivity index (χ4v) is 3.99. The van der Waals surface area contributed by atoms with Gasteiger partial charge in [0.25, 0.3) is 0 Å². The molecule has 0 spiro atoms. The van der Waals surface area contributed by atoms with Crippen LogP contribution in [0.2, 0.25) is 5.02 Å². The topological polar surface area (TPSA) is 95.1 Å². The molecule has 0 unspecified atom stereocenters. The normalized spacial score (nSPS) is 10.9. The molecule has 0 aliphatic heterocycles. The molecule has 0 bridgehead atoms. The predicted octanol–water partition coefficient (Wildman–Crippen LogP) is 4.29. The molecule has 4 rings (SSSR count). The Morgan fingerprint density at radius 2 is 2.10 bits per heavy atom. The minimum absolute atomic E-state index is 0.165. The van der Waals surface area contributed by atoms with E-state index in [1.54, 1.807) is 25.6 Å². The monoisotopic (exact) mass is 453 g/mol. The number of pyridine rings is 1. The van der Waals surface area contributed by atoms with Gasteiger partial charge in [0.2, 0.25) is 5.91 Å². The van der Waals surface area contributed by atoms with Crippen molar-refractivity contribution >= 4 is 46.0 Å². The van der Waals surface area contributed by atoms with Crippen LogP contribution in [0.4, 0.5) is 5.69 Å². The number of carbonyl (C=O) groups is 1. The summed E-state index contributed by atoms with van der Waals surface area (Å²) in [6.45, 7) is 0.517. The van der Waals surface area contributed by atoms with Crippen LogP contribution in [0.15, 0.2) is 66.0 Å². The van der Waals surface area contributed by atoms with E-state index >= 15 is 0 Å². The number of amides is 1. The van der Waals surface area contributed by atoms with Crippen LogP contribution in [0, 0.1) is 0 Å². The van der Waals surface area contributed by atoms with Crippen molar-refractivity contribution < 1.29 is 9.53 Å².